The smallest absolute Gasteiger partial charge is 0.255 e. The summed E-state index contributed by atoms with van der Waals surface area (Å²) in [6.07, 6.45) is 6.32. The highest BCUT2D eigenvalue weighted by Gasteiger charge is 2.33. The van der Waals surface area contributed by atoms with Crippen LogP contribution in [-0.2, 0) is 26.0 Å². The number of nitrogens with zero attached hydrogens (tertiary/aromatic N) is 1. The van der Waals surface area contributed by atoms with Crippen molar-refractivity contribution in [2.75, 3.05) is 7.11 Å². The fourth-order valence-electron chi connectivity index (χ4n) is 5.06. The molecule has 1 aliphatic carbocycles. The number of hydrogen-bond acceptors (Lipinski definition) is 6. The van der Waals surface area contributed by atoms with Gasteiger partial charge in [0.25, 0.3) is 5.91 Å². The Morgan fingerprint density at radius 2 is 1.98 bits per heavy atom. The number of amides is 1. The zero-order valence-electron chi connectivity index (χ0n) is 23.8. The van der Waals surface area contributed by atoms with E-state index in [2.05, 4.69) is 42.0 Å². The normalized spacial score (nSPS) is 15.1. The Kier molecular flexibility index (Phi) is 9.00. The summed E-state index contributed by atoms with van der Waals surface area (Å²) in [5.74, 6) is 2.45. The molecule has 1 atom stereocenters. The molecule has 0 aliphatic heterocycles. The molecule has 0 unspecified atom stereocenters. The fourth-order valence-corrected chi connectivity index (χ4v) is 6.60. The highest BCUT2D eigenvalue weighted by Crippen LogP contribution is 2.45. The molecule has 1 amide bonds. The molecule has 5 rings (SSSR count). The molecule has 8 heteroatoms. The van der Waals surface area contributed by atoms with Crippen LogP contribution in [0.2, 0.25) is 0 Å². The van der Waals surface area contributed by atoms with E-state index in [4.69, 9.17) is 18.9 Å². The second-order valence-corrected chi connectivity index (χ2v) is 13.3. The minimum Gasteiger partial charge on any atom is -0.493 e. The highest BCUT2D eigenvalue weighted by atomic mass is 79.9. The predicted molar refractivity (Wildman–Crippen MR) is 168 cm³/mol. The third-order valence-electron chi connectivity index (χ3n) is 7.53. The van der Waals surface area contributed by atoms with Gasteiger partial charge in [0, 0.05) is 15.6 Å². The molecule has 4 aromatic rings. The first kappa shape index (κ1) is 29.1. The molecule has 6 nitrogen and oxygen atoms in total. The van der Waals surface area contributed by atoms with Crippen LogP contribution in [0.4, 0.5) is 5.00 Å². The van der Waals surface area contributed by atoms with Gasteiger partial charge >= 0.3 is 0 Å². The average Bonchev–Trinajstić information content (AvgIpc) is 3.61. The van der Waals surface area contributed by atoms with Crippen molar-refractivity contribution >= 4 is 44.4 Å². The minimum absolute atomic E-state index is 0.116. The fraction of sp³-hybridized carbons (Fsp3) is 0.333. The number of aliphatic imine (C=N–C) groups is 1. The number of benzene rings is 2. The summed E-state index contributed by atoms with van der Waals surface area (Å²) >= 11 is 5.09. The lowest BCUT2D eigenvalue weighted by Crippen LogP contribution is -2.28. The number of ether oxygens (including phenoxy) is 2. The Morgan fingerprint density at radius 3 is 2.68 bits per heavy atom. The van der Waals surface area contributed by atoms with Crippen LogP contribution in [0.1, 0.15) is 64.9 Å². The number of fused-ring (bicyclic) bond motifs is 1. The second kappa shape index (κ2) is 12.7. The van der Waals surface area contributed by atoms with Crippen molar-refractivity contribution in [3.05, 3.63) is 98.2 Å². The molecule has 214 valence electrons. The van der Waals surface area contributed by atoms with Crippen LogP contribution in [0.5, 0.6) is 11.5 Å². The molecule has 0 saturated carbocycles. The largest absolute Gasteiger partial charge is 0.493 e. The van der Waals surface area contributed by atoms with Gasteiger partial charge in [-0.3, -0.25) is 4.79 Å². The molecule has 2 heterocycles. The van der Waals surface area contributed by atoms with E-state index >= 15 is 0 Å². The number of carbonyl (C=O) groups excluding carboxylic acids is 1. The maximum atomic E-state index is 13.5. The molecule has 0 spiro atoms. The van der Waals surface area contributed by atoms with Gasteiger partial charge in [0.2, 0.25) is 0 Å². The molecular weight excluding hydrogens is 600 g/mol. The highest BCUT2D eigenvalue weighted by molar-refractivity contribution is 9.10. The zero-order chi connectivity index (χ0) is 29.0. The van der Waals surface area contributed by atoms with Crippen LogP contribution in [0, 0.1) is 11.3 Å². The first-order valence-corrected chi connectivity index (χ1v) is 15.4. The maximum Gasteiger partial charge on any atom is 0.255 e. The molecule has 1 aliphatic rings. The topological polar surface area (TPSA) is 73.1 Å². The number of furan rings is 1. The number of hydrogen-bond donors (Lipinski definition) is 1. The van der Waals surface area contributed by atoms with Crippen LogP contribution in [0.15, 0.2) is 74.7 Å². The van der Waals surface area contributed by atoms with Crippen molar-refractivity contribution in [2.45, 2.75) is 53.2 Å². The maximum absolute atomic E-state index is 13.5. The van der Waals surface area contributed by atoms with Gasteiger partial charge in [-0.25, -0.2) is 4.99 Å². The number of methoxy groups -OCH3 is 1. The molecule has 0 saturated heterocycles. The molecular formula is C33H35BrN2O4S. The number of rotatable bonds is 9. The van der Waals surface area contributed by atoms with Crippen molar-refractivity contribution in [1.29, 1.82) is 0 Å². The van der Waals surface area contributed by atoms with Gasteiger partial charge in [-0.1, -0.05) is 48.8 Å². The SMILES string of the molecule is COc1cc(C=Nc2sc3c(c2C(=O)NCc2ccco2)CC[C@@H](C(C)(C)C)C3)ccc1OCc1ccc(Br)cc1. The molecule has 2 aromatic heterocycles. The number of halogens is 1. The molecule has 0 bridgehead atoms. The molecule has 0 radical (unpaired) electrons. The molecule has 1 N–H and O–H groups in total. The third-order valence-corrected chi connectivity index (χ3v) is 9.22. The van der Waals surface area contributed by atoms with E-state index in [9.17, 15) is 4.79 Å². The van der Waals surface area contributed by atoms with E-state index < -0.39 is 0 Å². The summed E-state index contributed by atoms with van der Waals surface area (Å²) in [5, 5.41) is 3.77. The Labute approximate surface area is 253 Å². The summed E-state index contributed by atoms with van der Waals surface area (Å²) < 4.78 is 18.1. The standard InChI is InChI=1S/C33H35BrN2O4S/c1-33(2,3)23-10-13-26-29(17-23)41-32(30(26)31(37)35-19-25-6-5-15-39-25)36-18-22-9-14-27(28(16-22)38-4)40-20-21-7-11-24(34)12-8-21/h5-9,11-12,14-16,18,23H,10,13,17,19-20H2,1-4H3,(H,35,37)/t23-/m1/s1. The quantitative estimate of drug-likeness (QED) is 0.187. The predicted octanol–water partition coefficient (Wildman–Crippen LogP) is 8.52. The van der Waals surface area contributed by atoms with Crippen molar-refractivity contribution < 1.29 is 18.7 Å². The van der Waals surface area contributed by atoms with Crippen LogP contribution in [0.25, 0.3) is 0 Å². The summed E-state index contributed by atoms with van der Waals surface area (Å²) in [4.78, 5) is 19.6. The van der Waals surface area contributed by atoms with E-state index in [1.165, 1.54) is 4.88 Å². The Morgan fingerprint density at radius 1 is 1.17 bits per heavy atom. The Bertz CT molecular complexity index is 1520. The lowest BCUT2D eigenvalue weighted by atomic mass is 9.72. The summed E-state index contributed by atoms with van der Waals surface area (Å²) in [6.45, 7) is 7.66. The summed E-state index contributed by atoms with van der Waals surface area (Å²) in [6, 6.07) is 17.4. The van der Waals surface area contributed by atoms with E-state index in [1.54, 1.807) is 30.9 Å². The Hall–Kier alpha value is -3.36. The van der Waals surface area contributed by atoms with Crippen molar-refractivity contribution in [2.24, 2.45) is 16.3 Å². The second-order valence-electron chi connectivity index (χ2n) is 11.3. The van der Waals surface area contributed by atoms with E-state index in [0.717, 1.165) is 51.2 Å². The van der Waals surface area contributed by atoms with Crippen LogP contribution in [-0.4, -0.2) is 19.2 Å². The molecule has 2 aromatic carbocycles. The average molecular weight is 636 g/mol. The van der Waals surface area contributed by atoms with E-state index in [-0.39, 0.29) is 11.3 Å². The van der Waals surface area contributed by atoms with Crippen molar-refractivity contribution in [3.8, 4) is 11.5 Å². The number of thiophene rings is 1. The summed E-state index contributed by atoms with van der Waals surface area (Å²) in [7, 11) is 1.63. The van der Waals surface area contributed by atoms with Gasteiger partial charge in [-0.15, -0.1) is 11.3 Å². The van der Waals surface area contributed by atoms with Crippen LogP contribution >= 0.6 is 27.3 Å². The monoisotopic (exact) mass is 634 g/mol. The minimum atomic E-state index is -0.116. The van der Waals surface area contributed by atoms with E-state index in [0.29, 0.717) is 36.1 Å². The van der Waals surface area contributed by atoms with Gasteiger partial charge in [0.1, 0.15) is 17.4 Å². The van der Waals surface area contributed by atoms with Gasteiger partial charge in [0.15, 0.2) is 11.5 Å². The molecule has 41 heavy (non-hydrogen) atoms. The lowest BCUT2D eigenvalue weighted by Gasteiger charge is -2.33. The Balaban J connectivity index is 1.38. The van der Waals surface area contributed by atoms with Gasteiger partial charge < -0.3 is 19.2 Å². The number of nitrogens with one attached hydrogen (secondary N) is 1. The zero-order valence-corrected chi connectivity index (χ0v) is 26.2. The lowest BCUT2D eigenvalue weighted by molar-refractivity contribution is 0.0947. The third kappa shape index (κ3) is 7.11. The molecule has 0 fully saturated rings. The van der Waals surface area contributed by atoms with Crippen molar-refractivity contribution in [3.63, 3.8) is 0 Å². The first-order chi connectivity index (χ1) is 19.7. The van der Waals surface area contributed by atoms with Crippen LogP contribution in [0.3, 0.4) is 0 Å². The first-order valence-electron chi connectivity index (χ1n) is 13.8. The van der Waals surface area contributed by atoms with Gasteiger partial charge in [-0.05, 0) is 89.8 Å². The van der Waals surface area contributed by atoms with Crippen LogP contribution < -0.4 is 14.8 Å². The van der Waals surface area contributed by atoms with Gasteiger partial charge in [-0.2, -0.15) is 0 Å². The van der Waals surface area contributed by atoms with E-state index in [1.807, 2.05) is 54.6 Å². The van der Waals surface area contributed by atoms with Gasteiger partial charge in [0.05, 0.1) is 25.5 Å². The number of carbonyl (C=O) groups is 1. The van der Waals surface area contributed by atoms with Crippen molar-refractivity contribution in [1.82, 2.24) is 5.32 Å². The summed E-state index contributed by atoms with van der Waals surface area (Å²) in [5.41, 5.74) is 3.95.